The van der Waals surface area contributed by atoms with E-state index in [1.54, 1.807) is 29.4 Å². The minimum atomic E-state index is -3.78. The summed E-state index contributed by atoms with van der Waals surface area (Å²) in [6, 6.07) is 7.73. The molecule has 1 fully saturated rings. The Kier molecular flexibility index (Phi) is 5.47. The van der Waals surface area contributed by atoms with Crippen LogP contribution in [0.2, 0.25) is 0 Å². The molecule has 0 unspecified atom stereocenters. The lowest BCUT2D eigenvalue weighted by molar-refractivity contribution is -0.384. The maximum atomic E-state index is 12.4. The van der Waals surface area contributed by atoms with E-state index in [9.17, 15) is 23.3 Å². The Labute approximate surface area is 156 Å². The zero-order valence-corrected chi connectivity index (χ0v) is 15.1. The van der Waals surface area contributed by atoms with Gasteiger partial charge in [-0.1, -0.05) is 0 Å². The first-order valence-corrected chi connectivity index (χ1v) is 9.81. The zero-order chi connectivity index (χ0) is 19.4. The van der Waals surface area contributed by atoms with Gasteiger partial charge in [-0.3, -0.25) is 19.9 Å². The van der Waals surface area contributed by atoms with Crippen molar-refractivity contribution >= 4 is 21.6 Å². The molecule has 1 aliphatic heterocycles. The summed E-state index contributed by atoms with van der Waals surface area (Å²) in [6.45, 7) is 0.878. The molecule has 0 aliphatic carbocycles. The van der Waals surface area contributed by atoms with Crippen LogP contribution in [0.5, 0.6) is 0 Å². The second-order valence-electron chi connectivity index (χ2n) is 6.17. The third kappa shape index (κ3) is 4.47. The first-order valence-electron chi connectivity index (χ1n) is 8.33. The third-order valence-electron chi connectivity index (χ3n) is 4.39. The molecule has 1 N–H and O–H groups in total. The number of non-ortho nitro benzene ring substituents is 1. The van der Waals surface area contributed by atoms with E-state index in [0.29, 0.717) is 31.5 Å². The van der Waals surface area contributed by atoms with E-state index in [4.69, 9.17) is 0 Å². The molecule has 0 bridgehead atoms. The molecule has 0 radical (unpaired) electrons. The first-order chi connectivity index (χ1) is 12.9. The van der Waals surface area contributed by atoms with E-state index in [-0.39, 0.29) is 22.5 Å². The van der Waals surface area contributed by atoms with Crippen molar-refractivity contribution in [3.8, 4) is 0 Å². The third-order valence-corrected chi connectivity index (χ3v) is 5.93. The minimum Gasteiger partial charge on any atom is -0.339 e. The highest BCUT2D eigenvalue weighted by atomic mass is 32.2. The number of hydrogen-bond donors (Lipinski definition) is 1. The summed E-state index contributed by atoms with van der Waals surface area (Å²) in [5.41, 5.74) is 0.381. The fourth-order valence-electron chi connectivity index (χ4n) is 2.91. The lowest BCUT2D eigenvalue weighted by Crippen LogP contribution is -2.46. The number of rotatable bonds is 5. The lowest BCUT2D eigenvalue weighted by atomic mass is 10.1. The normalized spacial score (nSPS) is 15.5. The molecule has 10 heteroatoms. The average molecular weight is 390 g/mol. The molecule has 0 saturated carbocycles. The molecular formula is C17H18N4O5S. The molecule has 1 saturated heterocycles. The van der Waals surface area contributed by atoms with E-state index < -0.39 is 14.9 Å². The number of piperidine rings is 1. The Morgan fingerprint density at radius 2 is 1.70 bits per heavy atom. The van der Waals surface area contributed by atoms with Crippen molar-refractivity contribution in [3.05, 3.63) is 64.5 Å². The quantitative estimate of drug-likeness (QED) is 0.611. The largest absolute Gasteiger partial charge is 0.339 e. The van der Waals surface area contributed by atoms with Gasteiger partial charge in [0.1, 0.15) is 0 Å². The molecule has 1 aromatic carbocycles. The van der Waals surface area contributed by atoms with Gasteiger partial charge in [0.25, 0.3) is 11.6 Å². The number of nitro groups is 1. The molecule has 27 heavy (non-hydrogen) atoms. The van der Waals surface area contributed by atoms with Gasteiger partial charge >= 0.3 is 0 Å². The lowest BCUT2D eigenvalue weighted by Gasteiger charge is -2.32. The number of nitrogens with zero attached hydrogens (tertiary/aromatic N) is 3. The summed E-state index contributed by atoms with van der Waals surface area (Å²) in [5.74, 6) is -0.103. The van der Waals surface area contributed by atoms with Crippen LogP contribution in [-0.2, 0) is 10.0 Å². The molecule has 2 aromatic rings. The number of carbonyl (C=O) groups is 1. The van der Waals surface area contributed by atoms with Gasteiger partial charge in [0, 0.05) is 49.2 Å². The average Bonchev–Trinajstić information content (AvgIpc) is 2.68. The fraction of sp³-hybridized carbons (Fsp3) is 0.294. The van der Waals surface area contributed by atoms with Crippen LogP contribution in [0, 0.1) is 10.1 Å². The predicted octanol–water partition coefficient (Wildman–Crippen LogP) is 1.57. The summed E-state index contributed by atoms with van der Waals surface area (Å²) in [5, 5.41) is 10.7. The van der Waals surface area contributed by atoms with Crippen molar-refractivity contribution in [3.63, 3.8) is 0 Å². The van der Waals surface area contributed by atoms with E-state index in [1.165, 1.54) is 12.1 Å². The molecule has 142 valence electrons. The van der Waals surface area contributed by atoms with Crippen LogP contribution in [0.4, 0.5) is 5.69 Å². The van der Waals surface area contributed by atoms with Gasteiger partial charge in [-0.05, 0) is 37.1 Å². The van der Waals surface area contributed by atoms with E-state index in [0.717, 1.165) is 12.1 Å². The number of nitro benzene ring substituents is 1. The number of benzene rings is 1. The highest BCUT2D eigenvalue weighted by Crippen LogP contribution is 2.19. The van der Waals surface area contributed by atoms with Gasteiger partial charge < -0.3 is 4.90 Å². The maximum absolute atomic E-state index is 12.4. The van der Waals surface area contributed by atoms with Crippen LogP contribution in [0.1, 0.15) is 23.2 Å². The van der Waals surface area contributed by atoms with Crippen molar-refractivity contribution in [2.24, 2.45) is 0 Å². The number of likely N-dealkylation sites (tertiary alicyclic amines) is 1. The molecule has 1 aliphatic rings. The van der Waals surface area contributed by atoms with Crippen LogP contribution in [0.25, 0.3) is 0 Å². The second-order valence-corrected chi connectivity index (χ2v) is 7.89. The Bertz CT molecular complexity index is 924. The SMILES string of the molecule is O=C(c1ccncc1)N1CCC(NS(=O)(=O)c2ccc([N+](=O)[O-])cc2)CC1. The Morgan fingerprint density at radius 1 is 1.11 bits per heavy atom. The van der Waals surface area contributed by atoms with Crippen LogP contribution < -0.4 is 4.72 Å². The van der Waals surface area contributed by atoms with Crippen molar-refractivity contribution in [2.75, 3.05) is 13.1 Å². The summed E-state index contributed by atoms with van der Waals surface area (Å²) in [4.78, 5) is 28.0. The van der Waals surface area contributed by atoms with Gasteiger partial charge in [0.2, 0.25) is 10.0 Å². The summed E-state index contributed by atoms with van der Waals surface area (Å²) in [6.07, 6.45) is 4.09. The molecule has 1 amide bonds. The highest BCUT2D eigenvalue weighted by Gasteiger charge is 2.27. The van der Waals surface area contributed by atoms with E-state index in [1.807, 2.05) is 0 Å². The Morgan fingerprint density at radius 3 is 2.26 bits per heavy atom. The van der Waals surface area contributed by atoms with Crippen molar-refractivity contribution in [1.29, 1.82) is 0 Å². The number of pyridine rings is 1. The van der Waals surface area contributed by atoms with Crippen LogP contribution in [0.3, 0.4) is 0 Å². The standard InChI is InChI=1S/C17H18N4O5S/c22-17(13-5-9-18-10-6-13)20-11-7-14(8-12-20)19-27(25,26)16-3-1-15(2-4-16)21(23)24/h1-6,9-10,14,19H,7-8,11-12H2. The fourth-order valence-corrected chi connectivity index (χ4v) is 4.22. The Balaban J connectivity index is 1.59. The zero-order valence-electron chi connectivity index (χ0n) is 14.3. The smallest absolute Gasteiger partial charge is 0.269 e. The number of aromatic nitrogens is 1. The number of carbonyl (C=O) groups excluding carboxylic acids is 1. The van der Waals surface area contributed by atoms with Crippen molar-refractivity contribution in [2.45, 2.75) is 23.8 Å². The summed E-state index contributed by atoms with van der Waals surface area (Å²) >= 11 is 0. The Hall–Kier alpha value is -2.85. The van der Waals surface area contributed by atoms with E-state index in [2.05, 4.69) is 9.71 Å². The monoisotopic (exact) mass is 390 g/mol. The molecule has 0 atom stereocenters. The molecule has 1 aromatic heterocycles. The van der Waals surface area contributed by atoms with Crippen LogP contribution in [-0.4, -0.2) is 48.3 Å². The minimum absolute atomic E-state index is 0.0246. The topological polar surface area (TPSA) is 123 Å². The van der Waals surface area contributed by atoms with Gasteiger partial charge in [0.15, 0.2) is 0 Å². The van der Waals surface area contributed by atoms with Gasteiger partial charge in [0.05, 0.1) is 9.82 Å². The van der Waals surface area contributed by atoms with Gasteiger partial charge in [-0.15, -0.1) is 0 Å². The highest BCUT2D eigenvalue weighted by molar-refractivity contribution is 7.89. The van der Waals surface area contributed by atoms with Crippen molar-refractivity contribution < 1.29 is 18.1 Å². The molecule has 0 spiro atoms. The molecule has 2 heterocycles. The van der Waals surface area contributed by atoms with E-state index >= 15 is 0 Å². The number of amides is 1. The van der Waals surface area contributed by atoms with Crippen LogP contribution in [0.15, 0.2) is 53.7 Å². The summed E-state index contributed by atoms with van der Waals surface area (Å²) in [7, 11) is -3.78. The summed E-state index contributed by atoms with van der Waals surface area (Å²) < 4.78 is 27.5. The van der Waals surface area contributed by atoms with Gasteiger partial charge in [-0.25, -0.2) is 13.1 Å². The first kappa shape index (κ1) is 18.9. The van der Waals surface area contributed by atoms with Gasteiger partial charge in [-0.2, -0.15) is 0 Å². The number of sulfonamides is 1. The molecule has 9 nitrogen and oxygen atoms in total. The molecular weight excluding hydrogens is 372 g/mol. The maximum Gasteiger partial charge on any atom is 0.269 e. The predicted molar refractivity (Wildman–Crippen MR) is 96.6 cm³/mol. The molecule has 3 rings (SSSR count). The number of hydrogen-bond acceptors (Lipinski definition) is 6. The van der Waals surface area contributed by atoms with Crippen LogP contribution >= 0.6 is 0 Å². The number of nitrogens with one attached hydrogen (secondary N) is 1. The van der Waals surface area contributed by atoms with Crippen molar-refractivity contribution in [1.82, 2.24) is 14.6 Å². The second kappa shape index (κ2) is 7.80.